The van der Waals surface area contributed by atoms with Gasteiger partial charge in [0, 0.05) is 31.0 Å². The standard InChI is InChI=1S/C20H23N5O2S/c1-3-25-19(16-9-11-21-12-10-16)23-24-20(25)28-14-18(26)22-13-8-15-4-6-17(27-2)7-5-15/h4-7,9-12H,3,8,13-14H2,1-2H3,(H,22,26). The van der Waals surface area contributed by atoms with E-state index in [1.807, 2.05) is 47.9 Å². The van der Waals surface area contributed by atoms with Crippen molar-refractivity contribution in [3.05, 3.63) is 54.4 Å². The number of thioether (sulfide) groups is 1. The van der Waals surface area contributed by atoms with E-state index in [9.17, 15) is 4.79 Å². The minimum Gasteiger partial charge on any atom is -0.497 e. The summed E-state index contributed by atoms with van der Waals surface area (Å²) in [6, 6.07) is 11.6. The van der Waals surface area contributed by atoms with E-state index in [-0.39, 0.29) is 5.91 Å². The van der Waals surface area contributed by atoms with Crippen LogP contribution in [0.3, 0.4) is 0 Å². The number of aromatic nitrogens is 4. The Bertz CT molecular complexity index is 897. The topological polar surface area (TPSA) is 81.9 Å². The van der Waals surface area contributed by atoms with Gasteiger partial charge in [0.1, 0.15) is 5.75 Å². The van der Waals surface area contributed by atoms with Gasteiger partial charge >= 0.3 is 0 Å². The van der Waals surface area contributed by atoms with Crippen molar-refractivity contribution in [1.82, 2.24) is 25.1 Å². The van der Waals surface area contributed by atoms with Crippen molar-refractivity contribution in [2.45, 2.75) is 25.0 Å². The molecule has 1 amide bonds. The monoisotopic (exact) mass is 397 g/mol. The Morgan fingerprint density at radius 2 is 1.89 bits per heavy atom. The second-order valence-corrected chi connectivity index (χ2v) is 6.97. The van der Waals surface area contributed by atoms with Crippen LogP contribution in [-0.4, -0.2) is 45.1 Å². The number of pyridine rings is 1. The van der Waals surface area contributed by atoms with E-state index >= 15 is 0 Å². The average Bonchev–Trinajstić information content (AvgIpc) is 3.16. The zero-order chi connectivity index (χ0) is 19.8. The molecule has 0 bridgehead atoms. The number of nitrogens with zero attached hydrogens (tertiary/aromatic N) is 4. The highest BCUT2D eigenvalue weighted by atomic mass is 32.2. The Kier molecular flexibility index (Phi) is 7.02. The zero-order valence-electron chi connectivity index (χ0n) is 16.0. The maximum atomic E-state index is 12.2. The van der Waals surface area contributed by atoms with Crippen LogP contribution in [-0.2, 0) is 17.8 Å². The van der Waals surface area contributed by atoms with Crippen molar-refractivity contribution in [1.29, 1.82) is 0 Å². The number of amides is 1. The second-order valence-electron chi connectivity index (χ2n) is 6.02. The third kappa shape index (κ3) is 5.10. The van der Waals surface area contributed by atoms with Gasteiger partial charge in [-0.15, -0.1) is 10.2 Å². The van der Waals surface area contributed by atoms with Crippen LogP contribution in [0, 0.1) is 0 Å². The van der Waals surface area contributed by atoms with E-state index in [0.717, 1.165) is 40.8 Å². The van der Waals surface area contributed by atoms with E-state index in [0.29, 0.717) is 12.3 Å². The SMILES string of the molecule is CCn1c(SCC(=O)NCCc2ccc(OC)cc2)nnc1-c1ccncc1. The first-order valence-corrected chi connectivity index (χ1v) is 10.1. The predicted molar refractivity (Wildman–Crippen MR) is 109 cm³/mol. The van der Waals surface area contributed by atoms with Crippen LogP contribution in [0.4, 0.5) is 0 Å². The van der Waals surface area contributed by atoms with E-state index in [1.165, 1.54) is 11.8 Å². The molecule has 3 aromatic rings. The maximum Gasteiger partial charge on any atom is 0.230 e. The minimum atomic E-state index is -0.0189. The fourth-order valence-corrected chi connectivity index (χ4v) is 3.55. The number of methoxy groups -OCH3 is 1. The quantitative estimate of drug-likeness (QED) is 0.559. The van der Waals surface area contributed by atoms with Crippen LogP contribution < -0.4 is 10.1 Å². The summed E-state index contributed by atoms with van der Waals surface area (Å²) >= 11 is 1.39. The van der Waals surface area contributed by atoms with Crippen LogP contribution in [0.15, 0.2) is 53.9 Å². The largest absolute Gasteiger partial charge is 0.497 e. The molecular weight excluding hydrogens is 374 g/mol. The molecule has 0 unspecified atom stereocenters. The van der Waals surface area contributed by atoms with E-state index < -0.39 is 0 Å². The Balaban J connectivity index is 1.49. The summed E-state index contributed by atoms with van der Waals surface area (Å²) in [5.41, 5.74) is 2.11. The summed E-state index contributed by atoms with van der Waals surface area (Å²) in [6.45, 7) is 3.35. The van der Waals surface area contributed by atoms with Gasteiger partial charge < -0.3 is 14.6 Å². The van der Waals surface area contributed by atoms with Crippen molar-refractivity contribution >= 4 is 17.7 Å². The highest BCUT2D eigenvalue weighted by molar-refractivity contribution is 7.99. The van der Waals surface area contributed by atoms with Gasteiger partial charge in [-0.05, 0) is 43.2 Å². The molecule has 1 N–H and O–H groups in total. The maximum absolute atomic E-state index is 12.2. The minimum absolute atomic E-state index is 0.0189. The van der Waals surface area contributed by atoms with Gasteiger partial charge in [-0.2, -0.15) is 0 Å². The molecule has 2 heterocycles. The number of hydrogen-bond acceptors (Lipinski definition) is 6. The Morgan fingerprint density at radius 3 is 2.57 bits per heavy atom. The lowest BCUT2D eigenvalue weighted by Gasteiger charge is -2.08. The molecule has 7 nitrogen and oxygen atoms in total. The second kappa shape index (κ2) is 9.89. The molecule has 8 heteroatoms. The van der Waals surface area contributed by atoms with E-state index in [2.05, 4.69) is 20.5 Å². The summed E-state index contributed by atoms with van der Waals surface area (Å²) < 4.78 is 7.15. The first kappa shape index (κ1) is 19.9. The first-order chi connectivity index (χ1) is 13.7. The van der Waals surface area contributed by atoms with Crippen molar-refractivity contribution < 1.29 is 9.53 Å². The van der Waals surface area contributed by atoms with Crippen LogP contribution in [0.25, 0.3) is 11.4 Å². The summed E-state index contributed by atoms with van der Waals surface area (Å²) in [7, 11) is 1.65. The number of carbonyl (C=O) groups is 1. The lowest BCUT2D eigenvalue weighted by atomic mass is 10.1. The predicted octanol–water partition coefficient (Wildman–Crippen LogP) is 2.82. The molecule has 0 saturated carbocycles. The molecule has 28 heavy (non-hydrogen) atoms. The lowest BCUT2D eigenvalue weighted by molar-refractivity contribution is -0.118. The summed E-state index contributed by atoms with van der Waals surface area (Å²) in [4.78, 5) is 16.2. The average molecular weight is 398 g/mol. The molecule has 0 aliphatic carbocycles. The van der Waals surface area contributed by atoms with Gasteiger partial charge in [0.05, 0.1) is 12.9 Å². The highest BCUT2D eigenvalue weighted by Crippen LogP contribution is 2.23. The van der Waals surface area contributed by atoms with Gasteiger partial charge in [0.15, 0.2) is 11.0 Å². The zero-order valence-corrected chi connectivity index (χ0v) is 16.8. The summed E-state index contributed by atoms with van der Waals surface area (Å²) in [5, 5.41) is 12.2. The number of carbonyl (C=O) groups excluding carboxylic acids is 1. The van der Waals surface area contributed by atoms with Crippen molar-refractivity contribution in [2.75, 3.05) is 19.4 Å². The molecule has 0 fully saturated rings. The molecule has 2 aromatic heterocycles. The van der Waals surface area contributed by atoms with Crippen molar-refractivity contribution in [3.8, 4) is 17.1 Å². The number of nitrogens with one attached hydrogen (secondary N) is 1. The van der Waals surface area contributed by atoms with Crippen molar-refractivity contribution in [3.63, 3.8) is 0 Å². The number of hydrogen-bond donors (Lipinski definition) is 1. The molecule has 0 aliphatic heterocycles. The molecule has 1 aromatic carbocycles. The Morgan fingerprint density at radius 1 is 1.14 bits per heavy atom. The first-order valence-electron chi connectivity index (χ1n) is 9.07. The smallest absolute Gasteiger partial charge is 0.230 e. The van der Waals surface area contributed by atoms with Gasteiger partial charge in [0.25, 0.3) is 0 Å². The number of benzene rings is 1. The van der Waals surface area contributed by atoms with Gasteiger partial charge in [-0.25, -0.2) is 0 Å². The molecular formula is C20H23N5O2S. The van der Waals surface area contributed by atoms with Gasteiger partial charge in [-0.3, -0.25) is 9.78 Å². The molecule has 0 saturated heterocycles. The Hall–Kier alpha value is -2.87. The summed E-state index contributed by atoms with van der Waals surface area (Å²) in [6.07, 6.45) is 4.23. The fraction of sp³-hybridized carbons (Fsp3) is 0.300. The Labute approximate surface area is 168 Å². The molecule has 0 radical (unpaired) electrons. The fourth-order valence-electron chi connectivity index (χ4n) is 2.71. The molecule has 0 atom stereocenters. The van der Waals surface area contributed by atoms with Gasteiger partial charge in [0.2, 0.25) is 5.91 Å². The van der Waals surface area contributed by atoms with Gasteiger partial charge in [-0.1, -0.05) is 23.9 Å². The molecule has 146 valence electrons. The highest BCUT2D eigenvalue weighted by Gasteiger charge is 2.14. The lowest BCUT2D eigenvalue weighted by Crippen LogP contribution is -2.27. The van der Waals surface area contributed by atoms with Crippen LogP contribution in [0.2, 0.25) is 0 Å². The molecule has 3 rings (SSSR count). The molecule has 0 spiro atoms. The van der Waals surface area contributed by atoms with E-state index in [4.69, 9.17) is 4.74 Å². The van der Waals surface area contributed by atoms with E-state index in [1.54, 1.807) is 19.5 Å². The number of ether oxygens (including phenoxy) is 1. The molecule has 0 aliphatic rings. The third-order valence-electron chi connectivity index (χ3n) is 4.20. The normalized spacial score (nSPS) is 10.6. The van der Waals surface area contributed by atoms with Crippen LogP contribution >= 0.6 is 11.8 Å². The third-order valence-corrected chi connectivity index (χ3v) is 5.17. The summed E-state index contributed by atoms with van der Waals surface area (Å²) in [5.74, 6) is 1.90. The number of rotatable bonds is 9. The van der Waals surface area contributed by atoms with Crippen LogP contribution in [0.1, 0.15) is 12.5 Å². The van der Waals surface area contributed by atoms with Crippen molar-refractivity contribution in [2.24, 2.45) is 0 Å². The van der Waals surface area contributed by atoms with Crippen LogP contribution in [0.5, 0.6) is 5.75 Å².